The summed E-state index contributed by atoms with van der Waals surface area (Å²) in [6, 6.07) is 4.06. The van der Waals surface area contributed by atoms with Crippen molar-refractivity contribution < 1.29 is 18.8 Å². The molecule has 0 radical (unpaired) electrons. The van der Waals surface area contributed by atoms with E-state index >= 15 is 0 Å². The van der Waals surface area contributed by atoms with Crippen molar-refractivity contribution in [2.45, 2.75) is 0 Å². The number of carbonyl (C=O) groups excluding carboxylic acids is 1. The number of amides is 1. The lowest BCUT2D eigenvalue weighted by Gasteiger charge is -2.08. The maximum absolute atomic E-state index is 13.1. The van der Waals surface area contributed by atoms with Crippen molar-refractivity contribution in [3.63, 3.8) is 0 Å². The number of nitro groups is 1. The number of halogens is 3. The van der Waals surface area contributed by atoms with E-state index in [0.717, 1.165) is 18.2 Å². The van der Waals surface area contributed by atoms with E-state index in [1.165, 1.54) is 12.3 Å². The molecular formula is C13H8Cl2FN3O4. The summed E-state index contributed by atoms with van der Waals surface area (Å²) < 4.78 is 18.1. The predicted octanol–water partition coefficient (Wildman–Crippen LogP) is 3.45. The second kappa shape index (κ2) is 7.21. The zero-order valence-electron chi connectivity index (χ0n) is 11.3. The van der Waals surface area contributed by atoms with Crippen molar-refractivity contribution in [3.05, 3.63) is 56.4 Å². The highest BCUT2D eigenvalue weighted by atomic mass is 35.5. The van der Waals surface area contributed by atoms with Gasteiger partial charge in [0, 0.05) is 18.3 Å². The molecule has 0 aliphatic heterocycles. The third kappa shape index (κ3) is 4.51. The molecule has 0 atom stereocenters. The van der Waals surface area contributed by atoms with Crippen molar-refractivity contribution in [1.82, 2.24) is 4.98 Å². The SMILES string of the molecule is O=C(COc1cc(F)ccc1[N+](=O)[O-])Nc1ncc(Cl)cc1Cl. The van der Waals surface area contributed by atoms with Crippen LogP contribution in [0, 0.1) is 15.9 Å². The lowest BCUT2D eigenvalue weighted by molar-refractivity contribution is -0.385. The lowest BCUT2D eigenvalue weighted by atomic mass is 10.3. The molecule has 2 aromatic rings. The van der Waals surface area contributed by atoms with E-state index in [2.05, 4.69) is 10.3 Å². The fourth-order valence-corrected chi connectivity index (χ4v) is 2.00. The van der Waals surface area contributed by atoms with Crippen molar-refractivity contribution in [3.8, 4) is 5.75 Å². The Bertz CT molecular complexity index is 773. The van der Waals surface area contributed by atoms with Crippen LogP contribution in [0.4, 0.5) is 15.9 Å². The first-order valence-corrected chi connectivity index (χ1v) is 6.80. The maximum atomic E-state index is 13.1. The molecule has 7 nitrogen and oxygen atoms in total. The average Bonchev–Trinajstić information content (AvgIpc) is 2.48. The first-order chi connectivity index (χ1) is 10.9. The van der Waals surface area contributed by atoms with Crippen LogP contribution in [0.5, 0.6) is 5.75 Å². The Labute approximate surface area is 139 Å². The Kier molecular flexibility index (Phi) is 5.30. The molecule has 120 valence electrons. The van der Waals surface area contributed by atoms with Crippen LogP contribution < -0.4 is 10.1 Å². The molecule has 0 spiro atoms. The lowest BCUT2D eigenvalue weighted by Crippen LogP contribution is -2.21. The number of anilines is 1. The first kappa shape index (κ1) is 16.9. The highest BCUT2D eigenvalue weighted by molar-refractivity contribution is 6.36. The predicted molar refractivity (Wildman–Crippen MR) is 81.4 cm³/mol. The fraction of sp³-hybridized carbons (Fsp3) is 0.0769. The molecule has 1 N–H and O–H groups in total. The van der Waals surface area contributed by atoms with Crippen LogP contribution in [-0.4, -0.2) is 22.4 Å². The Morgan fingerprint density at radius 3 is 2.78 bits per heavy atom. The number of hydrogen-bond acceptors (Lipinski definition) is 5. The van der Waals surface area contributed by atoms with Gasteiger partial charge in [-0.1, -0.05) is 23.2 Å². The van der Waals surface area contributed by atoms with Gasteiger partial charge in [0.2, 0.25) is 5.75 Å². The van der Waals surface area contributed by atoms with E-state index in [1.807, 2.05) is 0 Å². The number of nitrogens with zero attached hydrogens (tertiary/aromatic N) is 2. The van der Waals surface area contributed by atoms with Gasteiger partial charge in [-0.05, 0) is 12.1 Å². The molecular weight excluding hydrogens is 352 g/mol. The number of carbonyl (C=O) groups is 1. The van der Waals surface area contributed by atoms with Crippen LogP contribution in [0.15, 0.2) is 30.5 Å². The number of benzene rings is 1. The van der Waals surface area contributed by atoms with Gasteiger partial charge < -0.3 is 10.1 Å². The zero-order valence-corrected chi connectivity index (χ0v) is 12.8. The van der Waals surface area contributed by atoms with E-state index < -0.39 is 28.9 Å². The molecule has 0 aliphatic rings. The summed E-state index contributed by atoms with van der Waals surface area (Å²) in [5, 5.41) is 13.6. The maximum Gasteiger partial charge on any atom is 0.311 e. The summed E-state index contributed by atoms with van der Waals surface area (Å²) in [5.41, 5.74) is -0.457. The second-order valence-electron chi connectivity index (χ2n) is 4.19. The Hall–Kier alpha value is -2.45. The highest BCUT2D eigenvalue weighted by Crippen LogP contribution is 2.27. The number of ether oxygens (including phenoxy) is 1. The molecule has 1 amide bonds. The van der Waals surface area contributed by atoms with Gasteiger partial charge in [-0.25, -0.2) is 9.37 Å². The van der Waals surface area contributed by atoms with E-state index in [0.29, 0.717) is 5.02 Å². The smallest absolute Gasteiger partial charge is 0.311 e. The molecule has 0 saturated carbocycles. The number of nitrogens with one attached hydrogen (secondary N) is 1. The topological polar surface area (TPSA) is 94.4 Å². The molecule has 0 aliphatic carbocycles. The Balaban J connectivity index is 2.05. The molecule has 0 saturated heterocycles. The number of rotatable bonds is 5. The van der Waals surface area contributed by atoms with E-state index in [-0.39, 0.29) is 16.6 Å². The summed E-state index contributed by atoms with van der Waals surface area (Å²) in [6.45, 7) is -0.592. The summed E-state index contributed by atoms with van der Waals surface area (Å²) in [4.78, 5) is 25.6. The third-order valence-electron chi connectivity index (χ3n) is 2.54. The molecule has 1 heterocycles. The van der Waals surface area contributed by atoms with E-state index in [9.17, 15) is 19.3 Å². The largest absolute Gasteiger partial charge is 0.477 e. The minimum absolute atomic E-state index is 0.0541. The number of hydrogen-bond donors (Lipinski definition) is 1. The third-order valence-corrected chi connectivity index (χ3v) is 3.04. The van der Waals surface area contributed by atoms with Gasteiger partial charge in [-0.15, -0.1) is 0 Å². The van der Waals surface area contributed by atoms with Crippen molar-refractivity contribution >= 4 is 40.6 Å². The summed E-state index contributed by atoms with van der Waals surface area (Å²) in [5.74, 6) is -1.72. The van der Waals surface area contributed by atoms with Gasteiger partial charge >= 0.3 is 5.69 Å². The van der Waals surface area contributed by atoms with Gasteiger partial charge in [0.05, 0.1) is 15.0 Å². The molecule has 23 heavy (non-hydrogen) atoms. The minimum atomic E-state index is -0.746. The zero-order chi connectivity index (χ0) is 17.0. The van der Waals surface area contributed by atoms with Gasteiger partial charge in [-0.3, -0.25) is 14.9 Å². The molecule has 1 aromatic heterocycles. The molecule has 10 heteroatoms. The number of pyridine rings is 1. The molecule has 1 aromatic carbocycles. The Morgan fingerprint density at radius 2 is 2.13 bits per heavy atom. The van der Waals surface area contributed by atoms with Gasteiger partial charge in [0.15, 0.2) is 12.4 Å². The monoisotopic (exact) mass is 359 g/mol. The molecule has 0 fully saturated rings. The number of nitro benzene ring substituents is 1. The van der Waals surface area contributed by atoms with Crippen LogP contribution >= 0.6 is 23.2 Å². The summed E-state index contributed by atoms with van der Waals surface area (Å²) in [6.07, 6.45) is 1.28. The fourth-order valence-electron chi connectivity index (χ4n) is 1.57. The van der Waals surface area contributed by atoms with Gasteiger partial charge in [-0.2, -0.15) is 0 Å². The molecule has 0 unspecified atom stereocenters. The van der Waals surface area contributed by atoms with Crippen LogP contribution in [0.1, 0.15) is 0 Å². The Morgan fingerprint density at radius 1 is 1.39 bits per heavy atom. The standard InChI is InChI=1S/C13H8Cl2FN3O4/c14-7-3-9(15)13(17-5-7)18-12(20)6-23-11-4-8(16)1-2-10(11)19(21)22/h1-5H,6H2,(H,17,18,20). The second-order valence-corrected chi connectivity index (χ2v) is 5.03. The van der Waals surface area contributed by atoms with E-state index in [1.54, 1.807) is 0 Å². The van der Waals surface area contributed by atoms with Crippen LogP contribution in [-0.2, 0) is 4.79 Å². The van der Waals surface area contributed by atoms with Crippen LogP contribution in [0.3, 0.4) is 0 Å². The first-order valence-electron chi connectivity index (χ1n) is 6.04. The molecule has 0 bridgehead atoms. The summed E-state index contributed by atoms with van der Waals surface area (Å²) >= 11 is 11.5. The van der Waals surface area contributed by atoms with Crippen molar-refractivity contribution in [2.75, 3.05) is 11.9 Å². The van der Waals surface area contributed by atoms with Crippen LogP contribution in [0.2, 0.25) is 10.0 Å². The van der Waals surface area contributed by atoms with Crippen LogP contribution in [0.25, 0.3) is 0 Å². The number of aromatic nitrogens is 1. The van der Waals surface area contributed by atoms with Crippen molar-refractivity contribution in [1.29, 1.82) is 0 Å². The highest BCUT2D eigenvalue weighted by Gasteiger charge is 2.17. The van der Waals surface area contributed by atoms with E-state index in [4.69, 9.17) is 27.9 Å². The summed E-state index contributed by atoms with van der Waals surface area (Å²) in [7, 11) is 0. The average molecular weight is 360 g/mol. The quantitative estimate of drug-likeness (QED) is 0.651. The minimum Gasteiger partial charge on any atom is -0.477 e. The van der Waals surface area contributed by atoms with Gasteiger partial charge in [0.25, 0.3) is 5.91 Å². The van der Waals surface area contributed by atoms with Gasteiger partial charge in [0.1, 0.15) is 5.82 Å². The van der Waals surface area contributed by atoms with Crippen molar-refractivity contribution in [2.24, 2.45) is 0 Å². The molecule has 2 rings (SSSR count). The normalized spacial score (nSPS) is 10.2.